The highest BCUT2D eigenvalue weighted by Crippen LogP contribution is 2.19. The van der Waals surface area contributed by atoms with Crippen LogP contribution >= 0.6 is 0 Å². The molecule has 1 aromatic carbocycles. The van der Waals surface area contributed by atoms with Crippen LogP contribution in [0.25, 0.3) is 0 Å². The second-order valence-corrected chi connectivity index (χ2v) is 4.32. The predicted molar refractivity (Wildman–Crippen MR) is 63.9 cm³/mol. The van der Waals surface area contributed by atoms with Crippen molar-refractivity contribution in [3.05, 3.63) is 29.8 Å². The maximum Gasteiger partial charge on any atom is 0.317 e. The molecule has 16 heavy (non-hydrogen) atoms. The first-order valence-electron chi connectivity index (χ1n) is 5.51. The molecule has 0 bridgehead atoms. The molecule has 2 amide bonds. The Morgan fingerprint density at radius 1 is 1.44 bits per heavy atom. The van der Waals surface area contributed by atoms with Gasteiger partial charge in [-0.1, -0.05) is 12.1 Å². The van der Waals surface area contributed by atoms with Crippen molar-refractivity contribution in [2.45, 2.75) is 25.4 Å². The number of carbonyl (C=O) groups is 1. The SMILES string of the molecule is CN(Cc1ccc(N)cc1)C(=O)NC1CC1. The Bertz CT molecular complexity index is 370. The second-order valence-electron chi connectivity index (χ2n) is 4.32. The van der Waals surface area contributed by atoms with E-state index in [1.807, 2.05) is 24.3 Å². The number of hydrogen-bond donors (Lipinski definition) is 2. The van der Waals surface area contributed by atoms with Gasteiger partial charge in [0.25, 0.3) is 0 Å². The Balaban J connectivity index is 1.87. The number of nitrogens with two attached hydrogens (primary N) is 1. The number of anilines is 1. The lowest BCUT2D eigenvalue weighted by Gasteiger charge is -2.17. The first-order chi connectivity index (χ1) is 7.65. The van der Waals surface area contributed by atoms with Crippen molar-refractivity contribution in [1.29, 1.82) is 0 Å². The third kappa shape index (κ3) is 2.89. The number of amides is 2. The minimum atomic E-state index is -0.000625. The highest BCUT2D eigenvalue weighted by Gasteiger charge is 2.24. The maximum absolute atomic E-state index is 11.7. The van der Waals surface area contributed by atoms with E-state index in [0.717, 1.165) is 24.1 Å². The summed E-state index contributed by atoms with van der Waals surface area (Å²) in [4.78, 5) is 13.3. The fraction of sp³-hybridized carbons (Fsp3) is 0.417. The fourth-order valence-electron chi connectivity index (χ4n) is 1.48. The van der Waals surface area contributed by atoms with Crippen molar-refractivity contribution in [2.24, 2.45) is 0 Å². The minimum Gasteiger partial charge on any atom is -0.399 e. The third-order valence-corrected chi connectivity index (χ3v) is 2.65. The molecule has 0 radical (unpaired) electrons. The van der Waals surface area contributed by atoms with Crippen molar-refractivity contribution in [2.75, 3.05) is 12.8 Å². The quantitative estimate of drug-likeness (QED) is 0.758. The molecule has 0 aliphatic heterocycles. The first kappa shape index (κ1) is 10.8. The summed E-state index contributed by atoms with van der Waals surface area (Å²) in [7, 11) is 1.80. The Morgan fingerprint density at radius 2 is 2.06 bits per heavy atom. The van der Waals surface area contributed by atoms with Gasteiger partial charge in [-0.3, -0.25) is 0 Å². The van der Waals surface area contributed by atoms with E-state index in [1.54, 1.807) is 11.9 Å². The summed E-state index contributed by atoms with van der Waals surface area (Å²) in [6, 6.07) is 7.98. The molecule has 2 rings (SSSR count). The normalized spacial score (nSPS) is 14.6. The van der Waals surface area contributed by atoms with Crippen LogP contribution in [0.4, 0.5) is 10.5 Å². The highest BCUT2D eigenvalue weighted by molar-refractivity contribution is 5.74. The van der Waals surface area contributed by atoms with Gasteiger partial charge in [-0.2, -0.15) is 0 Å². The second kappa shape index (κ2) is 4.43. The monoisotopic (exact) mass is 219 g/mol. The largest absolute Gasteiger partial charge is 0.399 e. The number of rotatable bonds is 3. The van der Waals surface area contributed by atoms with Gasteiger partial charge in [0.15, 0.2) is 0 Å². The van der Waals surface area contributed by atoms with Crippen molar-refractivity contribution < 1.29 is 4.79 Å². The lowest BCUT2D eigenvalue weighted by atomic mass is 10.2. The first-order valence-corrected chi connectivity index (χ1v) is 5.51. The topological polar surface area (TPSA) is 58.4 Å². The van der Waals surface area contributed by atoms with Crippen molar-refractivity contribution in [1.82, 2.24) is 10.2 Å². The molecule has 0 unspecified atom stereocenters. The number of nitrogen functional groups attached to an aromatic ring is 1. The molecule has 1 aromatic rings. The summed E-state index contributed by atoms with van der Waals surface area (Å²) in [6.45, 7) is 0.610. The lowest BCUT2D eigenvalue weighted by molar-refractivity contribution is 0.206. The Labute approximate surface area is 95.4 Å². The van der Waals surface area contributed by atoms with E-state index in [1.165, 1.54) is 0 Å². The van der Waals surface area contributed by atoms with Gasteiger partial charge in [-0.15, -0.1) is 0 Å². The summed E-state index contributed by atoms with van der Waals surface area (Å²) in [5.74, 6) is 0. The maximum atomic E-state index is 11.7. The number of hydrogen-bond acceptors (Lipinski definition) is 2. The molecule has 1 saturated carbocycles. The van der Waals surface area contributed by atoms with Gasteiger partial charge >= 0.3 is 6.03 Å². The average Bonchev–Trinajstić information content (AvgIpc) is 3.05. The highest BCUT2D eigenvalue weighted by atomic mass is 16.2. The molecular weight excluding hydrogens is 202 g/mol. The number of carbonyl (C=O) groups excluding carboxylic acids is 1. The number of benzene rings is 1. The fourth-order valence-corrected chi connectivity index (χ4v) is 1.48. The van der Waals surface area contributed by atoms with Crippen molar-refractivity contribution >= 4 is 11.7 Å². The van der Waals surface area contributed by atoms with E-state index in [-0.39, 0.29) is 6.03 Å². The van der Waals surface area contributed by atoms with Crippen LogP contribution in [0.2, 0.25) is 0 Å². The molecule has 0 spiro atoms. The smallest absolute Gasteiger partial charge is 0.317 e. The summed E-state index contributed by atoms with van der Waals surface area (Å²) in [6.07, 6.45) is 2.23. The minimum absolute atomic E-state index is 0.000625. The van der Waals surface area contributed by atoms with E-state index in [2.05, 4.69) is 5.32 Å². The van der Waals surface area contributed by atoms with Crippen molar-refractivity contribution in [3.8, 4) is 0 Å². The van der Waals surface area contributed by atoms with Gasteiger partial charge in [-0.25, -0.2) is 4.79 Å². The summed E-state index contributed by atoms with van der Waals surface area (Å²) in [5.41, 5.74) is 7.43. The Morgan fingerprint density at radius 3 is 2.62 bits per heavy atom. The van der Waals surface area contributed by atoms with E-state index in [9.17, 15) is 4.79 Å². The van der Waals surface area contributed by atoms with Gasteiger partial charge in [0.2, 0.25) is 0 Å². The molecule has 0 saturated heterocycles. The summed E-state index contributed by atoms with van der Waals surface area (Å²) in [5, 5.41) is 2.95. The molecule has 3 N–H and O–H groups in total. The molecule has 1 fully saturated rings. The Kier molecular flexibility index (Phi) is 2.99. The molecule has 0 atom stereocenters. The third-order valence-electron chi connectivity index (χ3n) is 2.65. The number of nitrogens with zero attached hydrogens (tertiary/aromatic N) is 1. The van der Waals surface area contributed by atoms with E-state index in [4.69, 9.17) is 5.73 Å². The zero-order valence-electron chi connectivity index (χ0n) is 9.44. The molecule has 86 valence electrons. The Hall–Kier alpha value is -1.71. The van der Waals surface area contributed by atoms with Crippen LogP contribution in [0.1, 0.15) is 18.4 Å². The lowest BCUT2D eigenvalue weighted by Crippen LogP contribution is -2.37. The predicted octanol–water partition coefficient (Wildman–Crippen LogP) is 1.57. The molecule has 0 aromatic heterocycles. The van der Waals surface area contributed by atoms with Crippen LogP contribution in [0.15, 0.2) is 24.3 Å². The van der Waals surface area contributed by atoms with Gasteiger partial charge < -0.3 is 16.0 Å². The van der Waals surface area contributed by atoms with Crippen LogP contribution in [-0.4, -0.2) is 24.0 Å². The zero-order chi connectivity index (χ0) is 11.5. The molecule has 1 aliphatic rings. The average molecular weight is 219 g/mol. The number of urea groups is 1. The van der Waals surface area contributed by atoms with Gasteiger partial charge in [0.05, 0.1) is 0 Å². The molecular formula is C12H17N3O. The van der Waals surface area contributed by atoms with E-state index < -0.39 is 0 Å². The van der Waals surface area contributed by atoms with E-state index >= 15 is 0 Å². The summed E-state index contributed by atoms with van der Waals surface area (Å²) < 4.78 is 0. The molecule has 4 heteroatoms. The standard InChI is InChI=1S/C12H17N3O/c1-15(12(16)14-11-6-7-11)8-9-2-4-10(13)5-3-9/h2-5,11H,6-8,13H2,1H3,(H,14,16). The molecule has 0 heterocycles. The van der Waals surface area contributed by atoms with Crippen molar-refractivity contribution in [3.63, 3.8) is 0 Å². The van der Waals surface area contributed by atoms with Gasteiger partial charge in [0.1, 0.15) is 0 Å². The van der Waals surface area contributed by atoms with Gasteiger partial charge in [-0.05, 0) is 30.5 Å². The van der Waals surface area contributed by atoms with Crippen LogP contribution in [0, 0.1) is 0 Å². The molecule has 1 aliphatic carbocycles. The van der Waals surface area contributed by atoms with Crippen LogP contribution in [0.5, 0.6) is 0 Å². The molecule has 4 nitrogen and oxygen atoms in total. The van der Waals surface area contributed by atoms with Gasteiger partial charge in [0, 0.05) is 25.3 Å². The number of nitrogens with one attached hydrogen (secondary N) is 1. The van der Waals surface area contributed by atoms with Crippen LogP contribution in [0.3, 0.4) is 0 Å². The zero-order valence-corrected chi connectivity index (χ0v) is 9.44. The summed E-state index contributed by atoms with van der Waals surface area (Å²) >= 11 is 0. The van der Waals surface area contributed by atoms with Crippen LogP contribution in [-0.2, 0) is 6.54 Å². The van der Waals surface area contributed by atoms with E-state index in [0.29, 0.717) is 12.6 Å². The van der Waals surface area contributed by atoms with Crippen LogP contribution < -0.4 is 11.1 Å².